The molecule has 0 spiro atoms. The number of pyridine rings is 1. The molecular formula is C23H18N2O. The smallest absolute Gasteiger partial charge is 0.139 e. The number of aryl methyl sites for hydroxylation is 1. The summed E-state index contributed by atoms with van der Waals surface area (Å²) in [5.74, 6) is 0.859. The molecular weight excluding hydrogens is 320 g/mol. The van der Waals surface area contributed by atoms with Gasteiger partial charge in [-0.05, 0) is 42.8 Å². The molecule has 0 radical (unpaired) electrons. The summed E-state index contributed by atoms with van der Waals surface area (Å²) < 4.78 is 5.33. The Bertz CT molecular complexity index is 1270. The van der Waals surface area contributed by atoms with E-state index in [2.05, 4.69) is 60.4 Å². The maximum Gasteiger partial charge on any atom is 0.139 e. The summed E-state index contributed by atoms with van der Waals surface area (Å²) in [7, 11) is 1.69. The Labute approximate surface area is 151 Å². The van der Waals surface area contributed by atoms with Gasteiger partial charge < -0.3 is 9.72 Å². The van der Waals surface area contributed by atoms with E-state index in [0.29, 0.717) is 0 Å². The van der Waals surface area contributed by atoms with Gasteiger partial charge in [-0.1, -0.05) is 42.0 Å². The van der Waals surface area contributed by atoms with Crippen molar-refractivity contribution in [2.45, 2.75) is 6.92 Å². The van der Waals surface area contributed by atoms with Gasteiger partial charge >= 0.3 is 0 Å². The van der Waals surface area contributed by atoms with E-state index in [4.69, 9.17) is 9.72 Å². The standard InChI is InChI=1S/C23H18N2O/c1-14-7-12-20-18(13-14)22-21(15-8-10-16(26-2)11-9-15)17-5-3-4-6-19(17)24-23(22)25-20/h3-13H,1-2H3,(H,24,25). The molecule has 0 amide bonds. The second-order valence-electron chi connectivity index (χ2n) is 6.63. The fraction of sp³-hybridized carbons (Fsp3) is 0.0870. The number of hydrogen-bond donors (Lipinski definition) is 1. The zero-order valence-electron chi connectivity index (χ0n) is 14.7. The summed E-state index contributed by atoms with van der Waals surface area (Å²) in [5, 5.41) is 3.55. The van der Waals surface area contributed by atoms with Crippen LogP contribution in [-0.4, -0.2) is 17.1 Å². The van der Waals surface area contributed by atoms with Crippen LogP contribution in [0.1, 0.15) is 5.56 Å². The fourth-order valence-corrected chi connectivity index (χ4v) is 3.72. The van der Waals surface area contributed by atoms with Crippen molar-refractivity contribution in [2.75, 3.05) is 7.11 Å². The second-order valence-corrected chi connectivity index (χ2v) is 6.63. The molecule has 26 heavy (non-hydrogen) atoms. The van der Waals surface area contributed by atoms with E-state index in [0.717, 1.165) is 33.4 Å². The van der Waals surface area contributed by atoms with E-state index in [-0.39, 0.29) is 0 Å². The SMILES string of the molecule is COc1ccc(-c2c3ccccc3nc3[nH]c4ccc(C)cc4c23)cc1. The second kappa shape index (κ2) is 5.60. The fourth-order valence-electron chi connectivity index (χ4n) is 3.72. The average Bonchev–Trinajstić information content (AvgIpc) is 3.03. The predicted molar refractivity (Wildman–Crippen MR) is 108 cm³/mol. The molecule has 0 aliphatic heterocycles. The molecule has 0 saturated carbocycles. The Morgan fingerprint density at radius 3 is 2.50 bits per heavy atom. The number of nitrogens with zero attached hydrogens (tertiary/aromatic N) is 1. The highest BCUT2D eigenvalue weighted by molar-refractivity contribution is 6.19. The number of fused-ring (bicyclic) bond motifs is 4. The topological polar surface area (TPSA) is 37.9 Å². The van der Waals surface area contributed by atoms with Crippen molar-refractivity contribution in [3.05, 3.63) is 72.3 Å². The number of H-pyrrole nitrogens is 1. The van der Waals surface area contributed by atoms with Gasteiger partial charge in [0.25, 0.3) is 0 Å². The number of ether oxygens (including phenoxy) is 1. The first-order chi connectivity index (χ1) is 12.7. The predicted octanol–water partition coefficient (Wildman–Crippen LogP) is 5.85. The summed E-state index contributed by atoms with van der Waals surface area (Å²) in [6, 6.07) is 23.1. The largest absolute Gasteiger partial charge is 0.497 e. The third-order valence-electron chi connectivity index (χ3n) is 4.97. The highest BCUT2D eigenvalue weighted by Gasteiger charge is 2.16. The van der Waals surface area contributed by atoms with Crippen LogP contribution in [0.25, 0.3) is 44.0 Å². The van der Waals surface area contributed by atoms with Gasteiger partial charge in [-0.15, -0.1) is 0 Å². The Balaban J connectivity index is 1.98. The molecule has 126 valence electrons. The molecule has 0 saturated heterocycles. The maximum atomic E-state index is 5.33. The van der Waals surface area contributed by atoms with Gasteiger partial charge in [-0.2, -0.15) is 0 Å². The van der Waals surface area contributed by atoms with Gasteiger partial charge in [-0.25, -0.2) is 4.98 Å². The van der Waals surface area contributed by atoms with E-state index in [1.54, 1.807) is 7.11 Å². The Morgan fingerprint density at radius 1 is 0.885 bits per heavy atom. The van der Waals surface area contributed by atoms with Crippen molar-refractivity contribution in [1.82, 2.24) is 9.97 Å². The quantitative estimate of drug-likeness (QED) is 0.438. The van der Waals surface area contributed by atoms with Crippen LogP contribution < -0.4 is 4.74 Å². The lowest BCUT2D eigenvalue weighted by molar-refractivity contribution is 0.415. The van der Waals surface area contributed by atoms with E-state index in [9.17, 15) is 0 Å². The van der Waals surface area contributed by atoms with Crippen LogP contribution in [0.15, 0.2) is 66.7 Å². The van der Waals surface area contributed by atoms with E-state index >= 15 is 0 Å². The number of benzene rings is 3. The maximum absolute atomic E-state index is 5.33. The van der Waals surface area contributed by atoms with Gasteiger partial charge in [0, 0.05) is 27.2 Å². The monoisotopic (exact) mass is 338 g/mol. The number of nitrogens with one attached hydrogen (secondary N) is 1. The van der Waals surface area contributed by atoms with Crippen LogP contribution in [0.4, 0.5) is 0 Å². The summed E-state index contributed by atoms with van der Waals surface area (Å²) in [5.41, 5.74) is 6.65. The molecule has 2 heterocycles. The van der Waals surface area contributed by atoms with E-state index < -0.39 is 0 Å². The zero-order valence-corrected chi connectivity index (χ0v) is 14.7. The van der Waals surface area contributed by atoms with Crippen molar-refractivity contribution in [3.63, 3.8) is 0 Å². The number of aromatic amines is 1. The lowest BCUT2D eigenvalue weighted by Crippen LogP contribution is -1.88. The minimum Gasteiger partial charge on any atom is -0.497 e. The lowest BCUT2D eigenvalue weighted by atomic mass is 9.96. The number of aromatic nitrogens is 2. The first-order valence-corrected chi connectivity index (χ1v) is 8.70. The Morgan fingerprint density at radius 2 is 1.69 bits per heavy atom. The summed E-state index contributed by atoms with van der Waals surface area (Å²) in [4.78, 5) is 8.38. The minimum absolute atomic E-state index is 0.859. The van der Waals surface area contributed by atoms with Crippen molar-refractivity contribution >= 4 is 32.8 Å². The normalized spacial score (nSPS) is 11.5. The highest BCUT2D eigenvalue weighted by atomic mass is 16.5. The molecule has 2 aromatic heterocycles. The van der Waals surface area contributed by atoms with Crippen LogP contribution >= 0.6 is 0 Å². The molecule has 0 bridgehead atoms. The van der Waals surface area contributed by atoms with Crippen LogP contribution in [-0.2, 0) is 0 Å². The summed E-state index contributed by atoms with van der Waals surface area (Å²) in [6.45, 7) is 2.12. The molecule has 5 aromatic rings. The highest BCUT2D eigenvalue weighted by Crippen LogP contribution is 2.39. The van der Waals surface area contributed by atoms with Crippen molar-refractivity contribution < 1.29 is 4.74 Å². The molecule has 3 nitrogen and oxygen atoms in total. The van der Waals surface area contributed by atoms with Gasteiger partial charge in [-0.3, -0.25) is 0 Å². The Kier molecular flexibility index (Phi) is 3.22. The molecule has 0 fully saturated rings. The third-order valence-corrected chi connectivity index (χ3v) is 4.97. The molecule has 0 aliphatic carbocycles. The van der Waals surface area contributed by atoms with Crippen molar-refractivity contribution in [3.8, 4) is 16.9 Å². The summed E-state index contributed by atoms with van der Waals surface area (Å²) in [6.07, 6.45) is 0. The van der Waals surface area contributed by atoms with Gasteiger partial charge in [0.15, 0.2) is 0 Å². The molecule has 0 aliphatic rings. The Hall–Kier alpha value is -3.33. The number of hydrogen-bond acceptors (Lipinski definition) is 2. The van der Waals surface area contributed by atoms with E-state index in [1.807, 2.05) is 18.2 Å². The van der Waals surface area contributed by atoms with Crippen LogP contribution in [0.5, 0.6) is 5.75 Å². The third kappa shape index (κ3) is 2.17. The van der Waals surface area contributed by atoms with E-state index in [1.165, 1.54) is 21.9 Å². The number of para-hydroxylation sites is 1. The molecule has 3 aromatic carbocycles. The first kappa shape index (κ1) is 15.0. The number of methoxy groups -OCH3 is 1. The zero-order chi connectivity index (χ0) is 17.7. The molecule has 3 heteroatoms. The van der Waals surface area contributed by atoms with Gasteiger partial charge in [0.2, 0.25) is 0 Å². The lowest BCUT2D eigenvalue weighted by Gasteiger charge is -2.10. The van der Waals surface area contributed by atoms with Crippen LogP contribution in [0.2, 0.25) is 0 Å². The van der Waals surface area contributed by atoms with Gasteiger partial charge in [0.05, 0.1) is 12.6 Å². The average molecular weight is 338 g/mol. The van der Waals surface area contributed by atoms with Crippen molar-refractivity contribution in [1.29, 1.82) is 0 Å². The van der Waals surface area contributed by atoms with Crippen LogP contribution in [0, 0.1) is 6.92 Å². The molecule has 1 N–H and O–H groups in total. The number of rotatable bonds is 2. The minimum atomic E-state index is 0.859. The van der Waals surface area contributed by atoms with Crippen molar-refractivity contribution in [2.24, 2.45) is 0 Å². The molecule has 0 unspecified atom stereocenters. The molecule has 0 atom stereocenters. The van der Waals surface area contributed by atoms with Gasteiger partial charge in [0.1, 0.15) is 11.4 Å². The summed E-state index contributed by atoms with van der Waals surface area (Å²) >= 11 is 0. The van der Waals surface area contributed by atoms with Crippen LogP contribution in [0.3, 0.4) is 0 Å². The first-order valence-electron chi connectivity index (χ1n) is 8.70. The molecule has 5 rings (SSSR count).